The minimum atomic E-state index is -0.815. The van der Waals surface area contributed by atoms with Crippen molar-refractivity contribution in [1.82, 2.24) is 19.8 Å². The number of carbonyl (C=O) groups excluding carboxylic acids is 3. The van der Waals surface area contributed by atoms with Crippen molar-refractivity contribution >= 4 is 23.5 Å². The second kappa shape index (κ2) is 7.85. The Morgan fingerprint density at radius 2 is 1.57 bits per heavy atom. The molecule has 8 nitrogen and oxygen atoms in total. The van der Waals surface area contributed by atoms with Gasteiger partial charge < -0.3 is 9.80 Å². The number of hydrogen-bond acceptors (Lipinski definition) is 6. The maximum Gasteiger partial charge on any atom is 0.262 e. The van der Waals surface area contributed by atoms with Crippen LogP contribution >= 0.6 is 0 Å². The SMILES string of the molecule is Cc1cc(N2CCN(C(=O)C(C(C)C)N3C(=O)c4ccccc4C3=O)CC2)ncn1. The van der Waals surface area contributed by atoms with Crippen LogP contribution in [0.3, 0.4) is 0 Å². The zero-order valence-electron chi connectivity index (χ0n) is 17.4. The first-order valence-corrected chi connectivity index (χ1v) is 10.2. The Morgan fingerprint density at radius 1 is 0.967 bits per heavy atom. The highest BCUT2D eigenvalue weighted by atomic mass is 16.2. The van der Waals surface area contributed by atoms with Crippen LogP contribution in [0.25, 0.3) is 0 Å². The molecule has 2 aliphatic heterocycles. The van der Waals surface area contributed by atoms with Crippen molar-refractivity contribution in [3.8, 4) is 0 Å². The molecule has 0 spiro atoms. The first-order chi connectivity index (χ1) is 14.4. The van der Waals surface area contributed by atoms with Crippen LogP contribution in [0.2, 0.25) is 0 Å². The van der Waals surface area contributed by atoms with E-state index in [0.717, 1.165) is 16.4 Å². The van der Waals surface area contributed by atoms with E-state index in [4.69, 9.17) is 0 Å². The standard InChI is InChI=1S/C22H25N5O3/c1-14(2)19(27-20(28)16-6-4-5-7-17(16)21(27)29)22(30)26-10-8-25(9-11-26)18-12-15(3)23-13-24-18/h4-7,12-14,19H,8-11H2,1-3H3. The molecule has 1 aromatic carbocycles. The quantitative estimate of drug-likeness (QED) is 0.718. The number of nitrogens with zero attached hydrogens (tertiary/aromatic N) is 5. The molecule has 1 fully saturated rings. The first-order valence-electron chi connectivity index (χ1n) is 10.2. The lowest BCUT2D eigenvalue weighted by Gasteiger charge is -2.39. The highest BCUT2D eigenvalue weighted by molar-refractivity contribution is 6.22. The number of carbonyl (C=O) groups is 3. The van der Waals surface area contributed by atoms with Crippen molar-refractivity contribution in [3.05, 3.63) is 53.5 Å². The minimum absolute atomic E-state index is 0.182. The van der Waals surface area contributed by atoms with Gasteiger partial charge >= 0.3 is 0 Å². The molecule has 4 rings (SSSR count). The summed E-state index contributed by atoms with van der Waals surface area (Å²) in [4.78, 5) is 52.7. The maximum atomic E-state index is 13.4. The fraction of sp³-hybridized carbons (Fsp3) is 0.409. The molecule has 0 saturated carbocycles. The van der Waals surface area contributed by atoms with Gasteiger partial charge in [0.1, 0.15) is 18.2 Å². The molecule has 30 heavy (non-hydrogen) atoms. The van der Waals surface area contributed by atoms with E-state index in [-0.39, 0.29) is 11.8 Å². The van der Waals surface area contributed by atoms with Crippen LogP contribution in [0, 0.1) is 12.8 Å². The summed E-state index contributed by atoms with van der Waals surface area (Å²) in [5, 5.41) is 0. The predicted molar refractivity (Wildman–Crippen MR) is 111 cm³/mol. The molecule has 3 amide bonds. The monoisotopic (exact) mass is 407 g/mol. The van der Waals surface area contributed by atoms with Gasteiger partial charge in [-0.3, -0.25) is 19.3 Å². The molecule has 2 aliphatic rings. The zero-order chi connectivity index (χ0) is 21.4. The van der Waals surface area contributed by atoms with Crippen molar-refractivity contribution in [2.45, 2.75) is 26.8 Å². The van der Waals surface area contributed by atoms with Crippen LogP contribution in [0.1, 0.15) is 40.3 Å². The molecule has 156 valence electrons. The second-order valence-corrected chi connectivity index (χ2v) is 8.04. The van der Waals surface area contributed by atoms with E-state index in [2.05, 4.69) is 14.9 Å². The number of benzene rings is 1. The number of rotatable bonds is 4. The van der Waals surface area contributed by atoms with E-state index >= 15 is 0 Å². The lowest BCUT2D eigenvalue weighted by Crippen LogP contribution is -2.57. The molecule has 0 aliphatic carbocycles. The van der Waals surface area contributed by atoms with Crippen molar-refractivity contribution in [2.75, 3.05) is 31.1 Å². The average Bonchev–Trinajstić information content (AvgIpc) is 2.99. The van der Waals surface area contributed by atoms with Gasteiger partial charge in [0.25, 0.3) is 11.8 Å². The van der Waals surface area contributed by atoms with Gasteiger partial charge in [0, 0.05) is 37.9 Å². The third kappa shape index (κ3) is 3.42. The maximum absolute atomic E-state index is 13.4. The fourth-order valence-corrected chi connectivity index (χ4v) is 4.11. The molecule has 0 N–H and O–H groups in total. The Kier molecular flexibility index (Phi) is 5.24. The average molecular weight is 407 g/mol. The molecular weight excluding hydrogens is 382 g/mol. The summed E-state index contributed by atoms with van der Waals surface area (Å²) in [6.45, 7) is 7.94. The van der Waals surface area contributed by atoms with Crippen LogP contribution in [-0.2, 0) is 4.79 Å². The van der Waals surface area contributed by atoms with Crippen molar-refractivity contribution in [2.24, 2.45) is 5.92 Å². The molecule has 1 unspecified atom stereocenters. The second-order valence-electron chi connectivity index (χ2n) is 8.04. The third-order valence-electron chi connectivity index (χ3n) is 5.69. The smallest absolute Gasteiger partial charge is 0.262 e. The Bertz CT molecular complexity index is 963. The summed E-state index contributed by atoms with van der Waals surface area (Å²) in [7, 11) is 0. The van der Waals surface area contributed by atoms with Gasteiger partial charge in [-0.15, -0.1) is 0 Å². The summed E-state index contributed by atoms with van der Waals surface area (Å²) >= 11 is 0. The largest absolute Gasteiger partial charge is 0.353 e. The van der Waals surface area contributed by atoms with Gasteiger partial charge in [-0.1, -0.05) is 26.0 Å². The topological polar surface area (TPSA) is 86.7 Å². The Balaban J connectivity index is 1.50. The fourth-order valence-electron chi connectivity index (χ4n) is 4.11. The molecule has 2 aromatic rings. The molecule has 1 saturated heterocycles. The summed E-state index contributed by atoms with van der Waals surface area (Å²) in [6.07, 6.45) is 1.54. The number of anilines is 1. The number of imide groups is 1. The zero-order valence-corrected chi connectivity index (χ0v) is 17.4. The first kappa shape index (κ1) is 20.0. The Labute approximate surface area is 175 Å². The summed E-state index contributed by atoms with van der Waals surface area (Å²) in [5.74, 6) is -0.314. The predicted octanol–water partition coefficient (Wildman–Crippen LogP) is 1.75. The van der Waals surface area contributed by atoms with E-state index in [0.29, 0.717) is 37.3 Å². The highest BCUT2D eigenvalue weighted by Crippen LogP contribution is 2.28. The number of aryl methyl sites for hydroxylation is 1. The van der Waals surface area contributed by atoms with Gasteiger partial charge in [0.2, 0.25) is 5.91 Å². The Morgan fingerprint density at radius 3 is 2.10 bits per heavy atom. The van der Waals surface area contributed by atoms with Gasteiger partial charge in [-0.05, 0) is 25.0 Å². The summed E-state index contributed by atoms with van der Waals surface area (Å²) < 4.78 is 0. The van der Waals surface area contributed by atoms with E-state index in [1.165, 1.54) is 0 Å². The Hall–Kier alpha value is -3.29. The van der Waals surface area contributed by atoms with Crippen molar-refractivity contribution in [3.63, 3.8) is 0 Å². The van der Waals surface area contributed by atoms with Crippen molar-refractivity contribution in [1.29, 1.82) is 0 Å². The third-order valence-corrected chi connectivity index (χ3v) is 5.69. The van der Waals surface area contributed by atoms with Crippen LogP contribution in [0.4, 0.5) is 5.82 Å². The van der Waals surface area contributed by atoms with Crippen LogP contribution < -0.4 is 4.90 Å². The van der Waals surface area contributed by atoms with Gasteiger partial charge in [-0.25, -0.2) is 9.97 Å². The molecule has 0 radical (unpaired) electrons. The molecule has 0 bridgehead atoms. The number of amides is 3. The summed E-state index contributed by atoms with van der Waals surface area (Å²) in [5.41, 5.74) is 1.62. The lowest BCUT2D eigenvalue weighted by atomic mass is 10.0. The molecular formula is C22H25N5O3. The minimum Gasteiger partial charge on any atom is -0.353 e. The molecule has 1 atom stereocenters. The lowest BCUT2D eigenvalue weighted by molar-refractivity contribution is -0.137. The normalized spacial score (nSPS) is 17.5. The van der Waals surface area contributed by atoms with Crippen molar-refractivity contribution < 1.29 is 14.4 Å². The number of fused-ring (bicyclic) bond motifs is 1. The number of hydrogen-bond donors (Lipinski definition) is 0. The highest BCUT2D eigenvalue weighted by Gasteiger charge is 2.45. The van der Waals surface area contributed by atoms with E-state index in [1.54, 1.807) is 35.5 Å². The number of piperazine rings is 1. The van der Waals surface area contributed by atoms with Gasteiger partial charge in [0.05, 0.1) is 11.1 Å². The van der Waals surface area contributed by atoms with Gasteiger partial charge in [0.15, 0.2) is 0 Å². The van der Waals surface area contributed by atoms with E-state index < -0.39 is 17.9 Å². The van der Waals surface area contributed by atoms with Gasteiger partial charge in [-0.2, -0.15) is 0 Å². The number of aromatic nitrogens is 2. The van der Waals surface area contributed by atoms with Crippen LogP contribution in [0.15, 0.2) is 36.7 Å². The van der Waals surface area contributed by atoms with E-state index in [9.17, 15) is 14.4 Å². The van der Waals surface area contributed by atoms with Crippen LogP contribution in [-0.4, -0.2) is 69.7 Å². The van der Waals surface area contributed by atoms with E-state index in [1.807, 2.05) is 26.8 Å². The van der Waals surface area contributed by atoms with Crippen LogP contribution in [0.5, 0.6) is 0 Å². The molecule has 8 heteroatoms. The molecule has 3 heterocycles. The summed E-state index contributed by atoms with van der Waals surface area (Å²) in [6, 6.07) is 7.85. The molecule has 1 aromatic heterocycles.